The Hall–Kier alpha value is -1.88. The van der Waals surface area contributed by atoms with E-state index >= 15 is 0 Å². The summed E-state index contributed by atoms with van der Waals surface area (Å²) < 4.78 is 5.32. The highest BCUT2D eigenvalue weighted by atomic mass is 16.5. The Labute approximate surface area is 105 Å². The van der Waals surface area contributed by atoms with Gasteiger partial charge in [-0.1, -0.05) is 0 Å². The van der Waals surface area contributed by atoms with Crippen molar-refractivity contribution in [1.82, 2.24) is 15.3 Å². The van der Waals surface area contributed by atoms with Crippen LogP contribution < -0.4 is 5.32 Å². The number of aromatic nitrogens is 2. The predicted molar refractivity (Wildman–Crippen MR) is 67.4 cm³/mol. The Morgan fingerprint density at radius 1 is 1.56 bits per heavy atom. The zero-order valence-electron chi connectivity index (χ0n) is 10.2. The van der Waals surface area contributed by atoms with Crippen LogP contribution in [-0.2, 0) is 4.74 Å². The number of nitrogens with zero attached hydrogens (tertiary/aromatic N) is 1. The number of ether oxygens (including phenoxy) is 1. The summed E-state index contributed by atoms with van der Waals surface area (Å²) in [6.07, 6.45) is 2.48. The number of rotatable bonds is 2. The first-order valence-electron chi connectivity index (χ1n) is 6.00. The van der Waals surface area contributed by atoms with Gasteiger partial charge in [-0.2, -0.15) is 0 Å². The molecular formula is C13H15N3O2. The number of hydrogen-bond donors (Lipinski definition) is 2. The second kappa shape index (κ2) is 4.10. The molecule has 1 saturated heterocycles. The summed E-state index contributed by atoms with van der Waals surface area (Å²) in [6.45, 7) is 3.29. The minimum Gasteiger partial charge on any atom is -0.379 e. The van der Waals surface area contributed by atoms with Gasteiger partial charge < -0.3 is 15.0 Å². The van der Waals surface area contributed by atoms with Gasteiger partial charge in [0.2, 0.25) is 0 Å². The number of nitrogens with one attached hydrogen (secondary N) is 2. The van der Waals surface area contributed by atoms with E-state index in [0.29, 0.717) is 18.8 Å². The summed E-state index contributed by atoms with van der Waals surface area (Å²) in [5, 5.41) is 3.03. The van der Waals surface area contributed by atoms with Crippen LogP contribution in [0.25, 0.3) is 11.0 Å². The maximum atomic E-state index is 12.2. The number of benzene rings is 1. The molecule has 0 bridgehead atoms. The summed E-state index contributed by atoms with van der Waals surface area (Å²) in [5.74, 6) is -0.0699. The third kappa shape index (κ3) is 1.97. The molecule has 1 aromatic carbocycles. The van der Waals surface area contributed by atoms with E-state index in [1.54, 1.807) is 12.4 Å². The van der Waals surface area contributed by atoms with E-state index < -0.39 is 0 Å². The highest BCUT2D eigenvalue weighted by Crippen LogP contribution is 2.19. The Morgan fingerprint density at radius 3 is 3.22 bits per heavy atom. The number of carbonyl (C=O) groups is 1. The van der Waals surface area contributed by atoms with E-state index in [1.807, 2.05) is 19.1 Å². The standard InChI is InChI=1S/C13H15N3O2/c1-13(4-5-18-7-13)16-12(17)9-2-3-10-11(6-9)15-8-14-10/h2-3,6,8H,4-5,7H2,1H3,(H,14,15)(H,16,17). The summed E-state index contributed by atoms with van der Waals surface area (Å²) in [5.41, 5.74) is 2.12. The van der Waals surface area contributed by atoms with Crippen molar-refractivity contribution in [2.24, 2.45) is 0 Å². The SMILES string of the molecule is CC1(NC(=O)c2ccc3nc[nH]c3c2)CCOC1. The van der Waals surface area contributed by atoms with Gasteiger partial charge >= 0.3 is 0 Å². The third-order valence-electron chi connectivity index (χ3n) is 3.32. The molecule has 5 nitrogen and oxygen atoms in total. The van der Waals surface area contributed by atoms with Gasteiger partial charge in [0.15, 0.2) is 0 Å². The molecule has 0 radical (unpaired) electrons. The Balaban J connectivity index is 1.82. The Morgan fingerprint density at radius 2 is 2.44 bits per heavy atom. The lowest BCUT2D eigenvalue weighted by atomic mass is 10.0. The molecule has 0 spiro atoms. The molecular weight excluding hydrogens is 230 g/mol. The zero-order chi connectivity index (χ0) is 12.6. The number of aromatic amines is 1. The van der Waals surface area contributed by atoms with Crippen molar-refractivity contribution in [3.05, 3.63) is 30.1 Å². The normalized spacial score (nSPS) is 23.4. The summed E-state index contributed by atoms with van der Waals surface area (Å²) in [7, 11) is 0. The van der Waals surface area contributed by atoms with Gasteiger partial charge in [0.25, 0.3) is 5.91 Å². The largest absolute Gasteiger partial charge is 0.379 e. The number of hydrogen-bond acceptors (Lipinski definition) is 3. The average Bonchev–Trinajstić information content (AvgIpc) is 2.96. The van der Waals surface area contributed by atoms with Gasteiger partial charge in [0, 0.05) is 12.2 Å². The smallest absolute Gasteiger partial charge is 0.251 e. The van der Waals surface area contributed by atoms with E-state index in [9.17, 15) is 4.79 Å². The van der Waals surface area contributed by atoms with Crippen LogP contribution in [0, 0.1) is 0 Å². The molecule has 0 saturated carbocycles. The van der Waals surface area contributed by atoms with E-state index in [-0.39, 0.29) is 11.4 Å². The molecule has 1 atom stereocenters. The first-order valence-corrected chi connectivity index (χ1v) is 6.00. The van der Waals surface area contributed by atoms with Crippen molar-refractivity contribution in [3.63, 3.8) is 0 Å². The van der Waals surface area contributed by atoms with Crippen LogP contribution >= 0.6 is 0 Å². The van der Waals surface area contributed by atoms with E-state index in [4.69, 9.17) is 4.74 Å². The first kappa shape index (κ1) is 11.2. The number of carbonyl (C=O) groups excluding carboxylic acids is 1. The van der Waals surface area contributed by atoms with Gasteiger partial charge in [0.05, 0.1) is 29.5 Å². The lowest BCUT2D eigenvalue weighted by molar-refractivity contribution is 0.0890. The van der Waals surface area contributed by atoms with Gasteiger partial charge in [-0.25, -0.2) is 4.98 Å². The molecule has 18 heavy (non-hydrogen) atoms. The fourth-order valence-electron chi connectivity index (χ4n) is 2.19. The van der Waals surface area contributed by atoms with Gasteiger partial charge in [0.1, 0.15) is 0 Å². The number of amides is 1. The average molecular weight is 245 g/mol. The fraction of sp³-hybridized carbons (Fsp3) is 0.385. The summed E-state index contributed by atoms with van der Waals surface area (Å²) in [6, 6.07) is 5.45. The van der Waals surface area contributed by atoms with Crippen molar-refractivity contribution in [2.75, 3.05) is 13.2 Å². The number of fused-ring (bicyclic) bond motifs is 1. The Bertz CT molecular complexity index is 585. The minimum absolute atomic E-state index is 0.0699. The third-order valence-corrected chi connectivity index (χ3v) is 3.32. The van der Waals surface area contributed by atoms with Gasteiger partial charge in [-0.15, -0.1) is 0 Å². The van der Waals surface area contributed by atoms with E-state index in [0.717, 1.165) is 17.5 Å². The maximum Gasteiger partial charge on any atom is 0.251 e. The minimum atomic E-state index is -0.250. The maximum absolute atomic E-state index is 12.2. The molecule has 3 rings (SSSR count). The van der Waals surface area contributed by atoms with Crippen LogP contribution in [0.15, 0.2) is 24.5 Å². The van der Waals surface area contributed by atoms with E-state index in [1.165, 1.54) is 0 Å². The molecule has 1 fully saturated rings. The van der Waals surface area contributed by atoms with Crippen molar-refractivity contribution in [1.29, 1.82) is 0 Å². The second-order valence-electron chi connectivity index (χ2n) is 4.95. The quantitative estimate of drug-likeness (QED) is 0.842. The van der Waals surface area contributed by atoms with Gasteiger partial charge in [-0.05, 0) is 31.5 Å². The molecule has 94 valence electrons. The molecule has 1 aliphatic heterocycles. The molecule has 2 aromatic rings. The fourth-order valence-corrected chi connectivity index (χ4v) is 2.19. The van der Waals surface area contributed by atoms with Crippen LogP contribution in [-0.4, -0.2) is 34.6 Å². The van der Waals surface area contributed by atoms with Gasteiger partial charge in [-0.3, -0.25) is 4.79 Å². The predicted octanol–water partition coefficient (Wildman–Crippen LogP) is 1.47. The van der Waals surface area contributed by atoms with Crippen molar-refractivity contribution >= 4 is 16.9 Å². The molecule has 1 amide bonds. The first-order chi connectivity index (χ1) is 8.66. The molecule has 2 N–H and O–H groups in total. The molecule has 1 aromatic heterocycles. The second-order valence-corrected chi connectivity index (χ2v) is 4.95. The molecule has 2 heterocycles. The number of H-pyrrole nitrogens is 1. The van der Waals surface area contributed by atoms with Crippen LogP contribution in [0.3, 0.4) is 0 Å². The van der Waals surface area contributed by atoms with Crippen molar-refractivity contribution in [2.45, 2.75) is 18.9 Å². The lowest BCUT2D eigenvalue weighted by Gasteiger charge is -2.23. The Kier molecular flexibility index (Phi) is 2.56. The molecule has 5 heteroatoms. The van der Waals surface area contributed by atoms with Crippen LogP contribution in [0.4, 0.5) is 0 Å². The van der Waals surface area contributed by atoms with Crippen LogP contribution in [0.5, 0.6) is 0 Å². The number of imidazole rings is 1. The molecule has 1 unspecified atom stereocenters. The summed E-state index contributed by atoms with van der Waals surface area (Å²) >= 11 is 0. The van der Waals surface area contributed by atoms with Crippen molar-refractivity contribution < 1.29 is 9.53 Å². The molecule has 0 aliphatic carbocycles. The van der Waals surface area contributed by atoms with Crippen LogP contribution in [0.2, 0.25) is 0 Å². The molecule has 1 aliphatic rings. The highest BCUT2D eigenvalue weighted by molar-refractivity contribution is 5.97. The topological polar surface area (TPSA) is 67.0 Å². The highest BCUT2D eigenvalue weighted by Gasteiger charge is 2.31. The lowest BCUT2D eigenvalue weighted by Crippen LogP contribution is -2.46. The monoisotopic (exact) mass is 245 g/mol. The van der Waals surface area contributed by atoms with Crippen LogP contribution in [0.1, 0.15) is 23.7 Å². The van der Waals surface area contributed by atoms with Crippen molar-refractivity contribution in [3.8, 4) is 0 Å². The van der Waals surface area contributed by atoms with E-state index in [2.05, 4.69) is 15.3 Å². The zero-order valence-corrected chi connectivity index (χ0v) is 10.2. The summed E-state index contributed by atoms with van der Waals surface area (Å²) in [4.78, 5) is 19.3.